The quantitative estimate of drug-likeness (QED) is 0.419. The van der Waals surface area contributed by atoms with Gasteiger partial charge in [-0.1, -0.05) is 18.7 Å². The number of aryl methyl sites for hydroxylation is 1. The zero-order valence-electron chi connectivity index (χ0n) is 17.1. The number of halogens is 1. The van der Waals surface area contributed by atoms with E-state index in [-0.39, 0.29) is 23.0 Å². The second kappa shape index (κ2) is 8.89. The minimum atomic E-state index is -0.322. The molecule has 0 bridgehead atoms. The Morgan fingerprint density at radius 1 is 1.33 bits per heavy atom. The number of rotatable bonds is 5. The monoisotopic (exact) mass is 445 g/mol. The second-order valence-corrected chi connectivity index (χ2v) is 9.40. The number of hydrogen-bond acceptors (Lipinski definition) is 5. The number of piperidine rings is 1. The lowest BCUT2D eigenvalue weighted by Crippen LogP contribution is -2.44. The standard InChI is InChI=1S/C22H24FN3O2S2/c1-3-15-6-4-5-10-25(15)19(27)13-30-22-24-18-9-11-29-20(18)21(28)26(22)16-7-8-17(23)14(2)12-16/h7-9,11-12,15H,3-6,10,13H2,1-2H3/t15-/m0/s1. The Bertz CT molecular complexity index is 1140. The van der Waals surface area contributed by atoms with Gasteiger partial charge in [0.1, 0.15) is 10.5 Å². The summed E-state index contributed by atoms with van der Waals surface area (Å²) in [6.07, 6.45) is 4.20. The van der Waals surface area contributed by atoms with Crippen LogP contribution in [0.3, 0.4) is 0 Å². The normalized spacial score (nSPS) is 16.9. The molecule has 1 aromatic carbocycles. The molecule has 3 heterocycles. The topological polar surface area (TPSA) is 55.2 Å². The first kappa shape index (κ1) is 21.1. The van der Waals surface area contributed by atoms with Gasteiger partial charge >= 0.3 is 0 Å². The van der Waals surface area contributed by atoms with Crippen molar-refractivity contribution in [3.8, 4) is 5.69 Å². The number of amides is 1. The van der Waals surface area contributed by atoms with Crippen LogP contribution in [0.15, 0.2) is 39.6 Å². The van der Waals surface area contributed by atoms with Crippen molar-refractivity contribution in [3.63, 3.8) is 0 Å². The number of carbonyl (C=O) groups is 1. The molecule has 30 heavy (non-hydrogen) atoms. The predicted molar refractivity (Wildman–Crippen MR) is 120 cm³/mol. The zero-order valence-corrected chi connectivity index (χ0v) is 18.7. The molecule has 2 aromatic heterocycles. The number of nitrogens with zero attached hydrogens (tertiary/aromatic N) is 3. The molecule has 1 atom stereocenters. The van der Waals surface area contributed by atoms with Gasteiger partial charge in [-0.3, -0.25) is 14.2 Å². The number of aromatic nitrogens is 2. The van der Waals surface area contributed by atoms with Crippen molar-refractivity contribution < 1.29 is 9.18 Å². The molecule has 1 saturated heterocycles. The van der Waals surface area contributed by atoms with E-state index in [9.17, 15) is 14.0 Å². The van der Waals surface area contributed by atoms with Gasteiger partial charge in [0, 0.05) is 12.6 Å². The summed E-state index contributed by atoms with van der Waals surface area (Å²) in [7, 11) is 0. The lowest BCUT2D eigenvalue weighted by molar-refractivity contribution is -0.132. The molecule has 0 saturated carbocycles. The SMILES string of the molecule is CC[C@H]1CCCCN1C(=O)CSc1nc2ccsc2c(=O)n1-c1ccc(F)c(C)c1. The van der Waals surface area contributed by atoms with Crippen LogP contribution in [0.5, 0.6) is 0 Å². The van der Waals surface area contributed by atoms with Gasteiger partial charge in [-0.2, -0.15) is 0 Å². The molecule has 0 spiro atoms. The fraction of sp³-hybridized carbons (Fsp3) is 0.409. The summed E-state index contributed by atoms with van der Waals surface area (Å²) in [6, 6.07) is 6.68. The van der Waals surface area contributed by atoms with E-state index in [1.54, 1.807) is 19.1 Å². The highest BCUT2D eigenvalue weighted by molar-refractivity contribution is 7.99. The first-order valence-corrected chi connectivity index (χ1v) is 12.0. The number of hydrogen-bond donors (Lipinski definition) is 0. The van der Waals surface area contributed by atoms with Gasteiger partial charge in [0.2, 0.25) is 5.91 Å². The Morgan fingerprint density at radius 3 is 2.93 bits per heavy atom. The van der Waals surface area contributed by atoms with Gasteiger partial charge in [-0.05, 0) is 67.8 Å². The molecule has 3 aromatic rings. The van der Waals surface area contributed by atoms with E-state index in [0.717, 1.165) is 32.2 Å². The molecule has 8 heteroatoms. The fourth-order valence-electron chi connectivity index (χ4n) is 3.95. The van der Waals surface area contributed by atoms with Crippen LogP contribution in [0.4, 0.5) is 4.39 Å². The van der Waals surface area contributed by atoms with E-state index in [0.29, 0.717) is 32.7 Å². The molecule has 0 radical (unpaired) electrons. The Morgan fingerprint density at radius 2 is 2.17 bits per heavy atom. The average Bonchev–Trinajstić information content (AvgIpc) is 3.23. The minimum absolute atomic E-state index is 0.0769. The Labute approximate surface area is 182 Å². The van der Waals surface area contributed by atoms with Crippen LogP contribution in [-0.4, -0.2) is 38.7 Å². The third-order valence-electron chi connectivity index (χ3n) is 5.59. The highest BCUT2D eigenvalue weighted by atomic mass is 32.2. The van der Waals surface area contributed by atoms with Crippen LogP contribution in [0.25, 0.3) is 15.9 Å². The smallest absolute Gasteiger partial charge is 0.276 e. The molecule has 0 N–H and O–H groups in total. The Kier molecular flexibility index (Phi) is 6.24. The summed E-state index contributed by atoms with van der Waals surface area (Å²) in [4.78, 5) is 32.7. The van der Waals surface area contributed by atoms with Gasteiger partial charge in [-0.25, -0.2) is 9.37 Å². The van der Waals surface area contributed by atoms with Crippen molar-refractivity contribution >= 4 is 39.2 Å². The third kappa shape index (κ3) is 4.03. The number of carbonyl (C=O) groups excluding carboxylic acids is 1. The predicted octanol–water partition coefficient (Wildman–Crippen LogP) is 4.78. The number of benzene rings is 1. The summed E-state index contributed by atoms with van der Waals surface area (Å²) in [5.74, 6) is -0.0243. The van der Waals surface area contributed by atoms with Gasteiger partial charge in [0.15, 0.2) is 5.16 Å². The van der Waals surface area contributed by atoms with Gasteiger partial charge in [-0.15, -0.1) is 11.3 Å². The summed E-state index contributed by atoms with van der Waals surface area (Å²) in [6.45, 7) is 4.57. The van der Waals surface area contributed by atoms with Gasteiger partial charge in [0.25, 0.3) is 5.56 Å². The lowest BCUT2D eigenvalue weighted by atomic mass is 10.0. The maximum absolute atomic E-state index is 13.8. The van der Waals surface area contributed by atoms with E-state index >= 15 is 0 Å². The van der Waals surface area contributed by atoms with E-state index in [1.165, 1.54) is 33.7 Å². The summed E-state index contributed by atoms with van der Waals surface area (Å²) in [5.41, 5.74) is 1.44. The molecule has 0 aliphatic carbocycles. The van der Waals surface area contributed by atoms with Crippen LogP contribution in [0.2, 0.25) is 0 Å². The molecular formula is C22H24FN3O2S2. The molecule has 1 aliphatic heterocycles. The van der Waals surface area contributed by atoms with Gasteiger partial charge in [0.05, 0.1) is 17.0 Å². The maximum atomic E-state index is 13.8. The molecule has 1 fully saturated rings. The summed E-state index contributed by atoms with van der Waals surface area (Å²) in [5, 5.41) is 2.29. The van der Waals surface area contributed by atoms with E-state index < -0.39 is 0 Å². The van der Waals surface area contributed by atoms with Crippen molar-refractivity contribution in [2.24, 2.45) is 0 Å². The average molecular weight is 446 g/mol. The summed E-state index contributed by atoms with van der Waals surface area (Å²) < 4.78 is 15.8. The van der Waals surface area contributed by atoms with Crippen LogP contribution in [0, 0.1) is 12.7 Å². The molecule has 158 valence electrons. The Balaban J connectivity index is 1.68. The molecule has 0 unspecified atom stereocenters. The van der Waals surface area contributed by atoms with E-state index in [2.05, 4.69) is 11.9 Å². The van der Waals surface area contributed by atoms with Crippen LogP contribution in [0.1, 0.15) is 38.2 Å². The molecule has 5 nitrogen and oxygen atoms in total. The maximum Gasteiger partial charge on any atom is 0.276 e. The highest BCUT2D eigenvalue weighted by Gasteiger charge is 2.26. The Hall–Kier alpha value is -2.19. The van der Waals surface area contributed by atoms with Crippen LogP contribution in [-0.2, 0) is 4.79 Å². The number of thiophene rings is 1. The van der Waals surface area contributed by atoms with E-state index in [4.69, 9.17) is 0 Å². The van der Waals surface area contributed by atoms with Crippen molar-refractivity contribution in [1.82, 2.24) is 14.5 Å². The van der Waals surface area contributed by atoms with E-state index in [1.807, 2.05) is 16.3 Å². The second-order valence-electron chi connectivity index (χ2n) is 7.54. The minimum Gasteiger partial charge on any atom is -0.339 e. The molecule has 4 rings (SSSR count). The first-order chi connectivity index (χ1) is 14.5. The number of thioether (sulfide) groups is 1. The third-order valence-corrected chi connectivity index (χ3v) is 7.41. The van der Waals surface area contributed by atoms with Crippen LogP contribution < -0.4 is 5.56 Å². The lowest BCUT2D eigenvalue weighted by Gasteiger charge is -2.35. The highest BCUT2D eigenvalue weighted by Crippen LogP contribution is 2.26. The van der Waals surface area contributed by atoms with Gasteiger partial charge < -0.3 is 4.90 Å². The van der Waals surface area contributed by atoms with Crippen molar-refractivity contribution in [1.29, 1.82) is 0 Å². The summed E-state index contributed by atoms with van der Waals surface area (Å²) >= 11 is 2.61. The van der Waals surface area contributed by atoms with Crippen molar-refractivity contribution in [2.45, 2.75) is 50.7 Å². The van der Waals surface area contributed by atoms with Crippen molar-refractivity contribution in [2.75, 3.05) is 12.3 Å². The number of fused-ring (bicyclic) bond motifs is 1. The molecular weight excluding hydrogens is 421 g/mol. The fourth-order valence-corrected chi connectivity index (χ4v) is 5.61. The molecule has 1 amide bonds. The largest absolute Gasteiger partial charge is 0.339 e. The zero-order chi connectivity index (χ0) is 21.3. The number of likely N-dealkylation sites (tertiary alicyclic amines) is 1. The van der Waals surface area contributed by atoms with Crippen LogP contribution >= 0.6 is 23.1 Å². The molecule has 1 aliphatic rings. The first-order valence-electron chi connectivity index (χ1n) is 10.2. The van der Waals surface area contributed by atoms with Crippen molar-refractivity contribution in [3.05, 3.63) is 51.4 Å².